The third kappa shape index (κ3) is 20.1. The van der Waals surface area contributed by atoms with Gasteiger partial charge in [-0.3, -0.25) is 66.5 Å². The predicted molar refractivity (Wildman–Crippen MR) is 396 cm³/mol. The van der Waals surface area contributed by atoms with Gasteiger partial charge >= 0.3 is 17.1 Å². The number of fused-ring (bicyclic) bond motifs is 2. The number of rotatable bonds is 31. The van der Waals surface area contributed by atoms with E-state index in [4.69, 9.17) is 158 Å². The van der Waals surface area contributed by atoms with Crippen molar-refractivity contribution < 1.29 is 88.2 Å². The highest BCUT2D eigenvalue weighted by molar-refractivity contribution is 8.51. The fourth-order valence-electron chi connectivity index (χ4n) is 12.8. The van der Waals surface area contributed by atoms with Crippen LogP contribution in [0.2, 0.25) is 0 Å². The maximum absolute atomic E-state index is 14.7. The minimum absolute atomic E-state index is 0.0161. The van der Waals surface area contributed by atoms with Crippen molar-refractivity contribution in [2.75, 3.05) is 50.2 Å². The Morgan fingerprint density at radius 1 is 0.523 bits per heavy atom. The average molecular weight is 1730 g/mol. The molecule has 5 aliphatic rings. The van der Waals surface area contributed by atoms with E-state index in [-0.39, 0.29) is 88.9 Å². The summed E-state index contributed by atoms with van der Waals surface area (Å²) in [6.45, 7) is -11.9. The monoisotopic (exact) mass is 1730 g/mol. The topological polar surface area (TPSA) is 575 Å². The smallest absolute Gasteiger partial charge is 0.351 e. The lowest BCUT2D eigenvalue weighted by atomic mass is 9.89. The molecule has 20 atom stereocenters. The first-order valence-corrected chi connectivity index (χ1v) is 46.9. The highest BCUT2D eigenvalue weighted by Crippen LogP contribution is 2.56. The van der Waals surface area contributed by atoms with E-state index in [2.05, 4.69) is 44.9 Å². The van der Waals surface area contributed by atoms with Crippen molar-refractivity contribution >= 4 is 144 Å². The molecule has 5 saturated heterocycles. The van der Waals surface area contributed by atoms with Crippen LogP contribution in [0.5, 0.6) is 0 Å². The molecule has 5 fully saturated rings. The molecule has 7 aromatic heterocycles. The minimum atomic E-state index is -4.92. The number of aryl methyl sites for hydroxylation is 2. The first-order chi connectivity index (χ1) is 51.2. The number of nitrogens with zero attached hydrogens (tertiary/aromatic N) is 10. The van der Waals surface area contributed by atoms with E-state index in [1.807, 2.05) is 13.8 Å². The van der Waals surface area contributed by atoms with Gasteiger partial charge in [0.15, 0.2) is 29.1 Å². The van der Waals surface area contributed by atoms with Gasteiger partial charge in [-0.1, -0.05) is 61.1 Å². The van der Waals surface area contributed by atoms with E-state index < -0.39 is 197 Å². The molecule has 5 aliphatic heterocycles. The number of anilines is 3. The number of nitrogen functional groups attached to an aromatic ring is 3. The van der Waals surface area contributed by atoms with Crippen molar-refractivity contribution in [2.45, 2.75) is 166 Å². The second kappa shape index (κ2) is 33.5. The highest BCUT2D eigenvalue weighted by Gasteiger charge is 2.47. The molecule has 10 unspecified atom stereocenters. The summed E-state index contributed by atoms with van der Waals surface area (Å²) in [7, 11) is 0. The normalized spacial score (nSPS) is 28.8. The van der Waals surface area contributed by atoms with Crippen molar-refractivity contribution in [1.82, 2.24) is 67.7 Å². The maximum atomic E-state index is 14.7. The summed E-state index contributed by atoms with van der Waals surface area (Å²) >= 11 is 33.1. The summed E-state index contributed by atoms with van der Waals surface area (Å²) in [6, 6.07) is 1.46. The van der Waals surface area contributed by atoms with Crippen LogP contribution in [0, 0.1) is 25.7 Å². The Morgan fingerprint density at radius 3 is 1.36 bits per heavy atom. The van der Waals surface area contributed by atoms with E-state index in [1.54, 1.807) is 13.8 Å². The van der Waals surface area contributed by atoms with E-state index in [9.17, 15) is 52.8 Å². The van der Waals surface area contributed by atoms with Crippen LogP contribution in [0.25, 0.3) is 22.3 Å². The minimum Gasteiger partial charge on any atom is -0.780 e. The fourth-order valence-corrected chi connectivity index (χ4v) is 20.7. The molecule has 12 rings (SSSR count). The van der Waals surface area contributed by atoms with Gasteiger partial charge in [-0.15, -0.1) is 0 Å². The van der Waals surface area contributed by atoms with Crippen LogP contribution in [-0.4, -0.2) is 162 Å². The summed E-state index contributed by atoms with van der Waals surface area (Å²) in [6.07, 6.45) is -12.4. The first kappa shape index (κ1) is 83.6. The number of aromatic nitrogens is 14. The van der Waals surface area contributed by atoms with Crippen LogP contribution >= 0.6 is 32.6 Å². The zero-order valence-corrected chi connectivity index (χ0v) is 67.2. The molecule has 43 nitrogen and oxygen atoms in total. The van der Waals surface area contributed by atoms with E-state index in [1.165, 1.54) is 64.9 Å². The first-order valence-electron chi connectivity index (χ1n) is 33.1. The molecule has 598 valence electrons. The molecule has 54 heteroatoms. The number of hydrogen-bond donors (Lipinski definition) is 7. The summed E-state index contributed by atoms with van der Waals surface area (Å²) in [5.74, 6) is -0.682. The summed E-state index contributed by atoms with van der Waals surface area (Å²) in [4.78, 5) is 162. The van der Waals surface area contributed by atoms with Crippen molar-refractivity contribution in [3.63, 3.8) is 0 Å². The lowest BCUT2D eigenvalue weighted by Crippen LogP contribution is -2.34. The fraction of sp³-hybridized carbons (Fsp3) is 0.600. The van der Waals surface area contributed by atoms with Crippen molar-refractivity contribution in [1.29, 1.82) is 0 Å². The molecule has 7 aromatic rings. The van der Waals surface area contributed by atoms with Gasteiger partial charge in [0.2, 0.25) is 11.9 Å². The van der Waals surface area contributed by atoms with E-state index in [0.717, 1.165) is 9.13 Å². The van der Waals surface area contributed by atoms with Gasteiger partial charge in [0.1, 0.15) is 81.5 Å². The van der Waals surface area contributed by atoms with Gasteiger partial charge in [-0.2, -0.15) is 15.0 Å². The van der Waals surface area contributed by atoms with Crippen LogP contribution < -0.4 is 71.2 Å². The standard InChI is InChI=1S/C55H76N17O26P5S6/c1-23(2)27-9-38(68-8-7-37(56)61-53(68)77)89-32(27)16-88-103(108,109)98-31-13-40(70-15-26(6)48(74)67-55(70)79)91-36(31)20-87-102(83,107)97-30-12-42(72-22-60-44-46(72)63-52(58)65-50(44)76)93-35(30)19-86-100(81,105)95-28-10-39(69-14-25(5)47(73)66-54(69)78)90-33(28)18-85-101(82,106)96-29-11-41(92-34(29)17-84-99(80,104)94-24(3)4)71-21-59-43-45(71)62-51(57)64-49(43)75/h7-8,14-15,21-24,27-36,38-42H,9-13,16-20H2,1-6H3,(H,80,104)(H,81,105)(H,82,106)(H,83,107)(H,108,109)(H2,56,61,77)(H,66,73,78)(H,67,74,79)(H3,57,62,64,75)(H3,58,63,65,76)/p-5/t27?,28?,29?,30?,31?,32-,33-,34-,35-,36-,38-,39-,40-,41-,42-,99?,100?,101?,102?/m1/s1. The zero-order chi connectivity index (χ0) is 78.7. The lowest BCUT2D eigenvalue weighted by Gasteiger charge is -2.36. The Hall–Kier alpha value is -4.85. The summed E-state index contributed by atoms with van der Waals surface area (Å²) in [5, 5.41) is 0. The third-order valence-electron chi connectivity index (χ3n) is 17.8. The highest BCUT2D eigenvalue weighted by atomic mass is 32.9. The van der Waals surface area contributed by atoms with Crippen LogP contribution in [0.15, 0.2) is 70.9 Å². The van der Waals surface area contributed by atoms with Crippen LogP contribution in [0.4, 0.5) is 17.7 Å². The summed E-state index contributed by atoms with van der Waals surface area (Å²) < 4.78 is 111. The Bertz CT molecular complexity index is 5280. The Balaban J connectivity index is 0.758. The lowest BCUT2D eigenvalue weighted by molar-refractivity contribution is -0.219. The molecule has 10 N–H and O–H groups in total. The largest absolute Gasteiger partial charge is 0.780 e. The van der Waals surface area contributed by atoms with Crippen LogP contribution in [0.1, 0.15) is 102 Å². The third-order valence-corrected chi connectivity index (χ3v) is 26.4. The van der Waals surface area contributed by atoms with Gasteiger partial charge in [-0.25, -0.2) is 24.4 Å². The number of H-pyrrole nitrogens is 4. The van der Waals surface area contributed by atoms with Crippen LogP contribution in [0.3, 0.4) is 0 Å². The second-order valence-electron chi connectivity index (χ2n) is 26.2. The van der Waals surface area contributed by atoms with E-state index in [0.29, 0.717) is 6.42 Å². The Morgan fingerprint density at radius 2 is 0.917 bits per heavy atom. The number of ether oxygens (including phenoxy) is 5. The molecule has 0 radical (unpaired) electrons. The van der Waals surface area contributed by atoms with Gasteiger partial charge in [-0.05, 0) is 52.0 Å². The van der Waals surface area contributed by atoms with Gasteiger partial charge < -0.3 is 125 Å². The molecule has 0 aromatic carbocycles. The Labute approximate surface area is 645 Å². The zero-order valence-electron chi connectivity index (χ0n) is 57.9. The summed E-state index contributed by atoms with van der Waals surface area (Å²) in [5.41, 5.74) is 8.34. The number of nitrogens with one attached hydrogen (secondary N) is 4. The maximum Gasteiger partial charge on any atom is 0.351 e. The molecule has 0 amide bonds. The molecule has 0 aliphatic carbocycles. The van der Waals surface area contributed by atoms with Gasteiger partial charge in [0, 0.05) is 55.4 Å². The number of hydrogen-bond acceptors (Lipinski definition) is 40. The average Bonchev–Trinajstić information content (AvgIpc) is 1.76. The SMILES string of the molecule is Cc1cn([C@H]2CC(OP([O-])(=S)OC[C@H]3O[C@@H](n4cnc5c(=O)[nH]c(N)nc54)CC3OP([O-])(=S)OC[C@H]3O[C@@H](n4cc(C)c(=O)[nH]c4=O)CC3OP(=S)([S-])OC[C@H]3O[C@@H](n4ccc(N)nc4=O)CC3C(C)C)[C@@H](COP(=O)([S-])OC3C[C@H](n4cnc5c(=O)[nH]c(N)nc54)O[C@@H]3COP([O-])(=S)OC(C)C)O2)c(=O)[nH]c1=O. The van der Waals surface area contributed by atoms with Gasteiger partial charge in [0.05, 0.1) is 88.0 Å². The number of imidazole rings is 2. The number of aromatic amines is 4. The molecular weight excluding hydrogens is 1660 g/mol. The molecule has 12 heterocycles. The van der Waals surface area contributed by atoms with E-state index >= 15 is 0 Å². The van der Waals surface area contributed by atoms with Crippen molar-refractivity contribution in [3.8, 4) is 0 Å². The molecular formula is C55H71N17O26P5S6-5. The molecule has 109 heavy (non-hydrogen) atoms. The number of nitrogens with two attached hydrogens (primary N) is 3. The second-order valence-corrected chi connectivity index (χ2v) is 42.0. The predicted octanol–water partition coefficient (Wildman–Crippen LogP) is -0.0872. The van der Waals surface area contributed by atoms with Crippen molar-refractivity contribution in [3.05, 3.63) is 121 Å². The van der Waals surface area contributed by atoms with Gasteiger partial charge in [0.25, 0.3) is 22.2 Å². The molecule has 0 bridgehead atoms. The molecule has 0 spiro atoms. The Kier molecular flexibility index (Phi) is 25.7. The molecule has 0 saturated carbocycles. The van der Waals surface area contributed by atoms with Crippen molar-refractivity contribution in [2.24, 2.45) is 11.8 Å². The quantitative estimate of drug-likeness (QED) is 0.0221. The van der Waals surface area contributed by atoms with Crippen LogP contribution in [-0.2, 0) is 145 Å².